The maximum absolute atomic E-state index is 8.96. The maximum Gasteiger partial charge on any atom is 0.136 e. The fourth-order valence-electron chi connectivity index (χ4n) is 1.12. The average molecular weight is 231 g/mol. The van der Waals surface area contributed by atoms with E-state index in [9.17, 15) is 0 Å². The zero-order valence-corrected chi connectivity index (χ0v) is 8.68. The largest absolute Gasteiger partial charge is 0.495 e. The van der Waals surface area contributed by atoms with Crippen molar-refractivity contribution in [3.63, 3.8) is 0 Å². The smallest absolute Gasteiger partial charge is 0.136 e. The standard InChI is InChI=1S/C9H11BrO2/c1-6-7(5-11)3-4-8(10)9(6)12-2/h3-4,11H,5H2,1-2H3. The van der Waals surface area contributed by atoms with Crippen LogP contribution in [0.4, 0.5) is 0 Å². The van der Waals surface area contributed by atoms with Crippen LogP contribution in [-0.2, 0) is 6.61 Å². The fourth-order valence-corrected chi connectivity index (χ4v) is 1.71. The number of hydrogen-bond donors (Lipinski definition) is 1. The zero-order chi connectivity index (χ0) is 9.14. The highest BCUT2D eigenvalue weighted by Gasteiger charge is 2.07. The third-order valence-corrected chi connectivity index (χ3v) is 2.47. The second-order valence-corrected chi connectivity index (χ2v) is 3.38. The van der Waals surface area contributed by atoms with Crippen LogP contribution < -0.4 is 4.74 Å². The highest BCUT2D eigenvalue weighted by atomic mass is 79.9. The molecule has 0 saturated heterocycles. The van der Waals surface area contributed by atoms with Crippen LogP contribution >= 0.6 is 15.9 Å². The van der Waals surface area contributed by atoms with Gasteiger partial charge in [-0.25, -0.2) is 0 Å². The van der Waals surface area contributed by atoms with E-state index in [0.29, 0.717) is 0 Å². The van der Waals surface area contributed by atoms with Crippen LogP contribution in [0.15, 0.2) is 16.6 Å². The lowest BCUT2D eigenvalue weighted by Crippen LogP contribution is -1.94. The van der Waals surface area contributed by atoms with Gasteiger partial charge in [-0.15, -0.1) is 0 Å². The van der Waals surface area contributed by atoms with Gasteiger partial charge in [-0.2, -0.15) is 0 Å². The summed E-state index contributed by atoms with van der Waals surface area (Å²) in [5.41, 5.74) is 1.88. The molecule has 66 valence electrons. The number of ether oxygens (including phenoxy) is 1. The Morgan fingerprint density at radius 1 is 1.50 bits per heavy atom. The maximum atomic E-state index is 8.96. The van der Waals surface area contributed by atoms with Gasteiger partial charge in [-0.3, -0.25) is 0 Å². The molecule has 0 bridgehead atoms. The molecule has 0 atom stereocenters. The predicted octanol–water partition coefficient (Wildman–Crippen LogP) is 2.26. The Hall–Kier alpha value is -0.540. The summed E-state index contributed by atoms with van der Waals surface area (Å²) in [6.07, 6.45) is 0. The van der Waals surface area contributed by atoms with Gasteiger partial charge in [0.25, 0.3) is 0 Å². The van der Waals surface area contributed by atoms with Crippen molar-refractivity contribution < 1.29 is 9.84 Å². The summed E-state index contributed by atoms with van der Waals surface area (Å²) in [6.45, 7) is 1.98. The summed E-state index contributed by atoms with van der Waals surface area (Å²) in [6, 6.07) is 3.75. The van der Waals surface area contributed by atoms with Crippen molar-refractivity contribution >= 4 is 15.9 Å². The van der Waals surface area contributed by atoms with Crippen LogP contribution in [-0.4, -0.2) is 12.2 Å². The van der Waals surface area contributed by atoms with Crippen molar-refractivity contribution in [1.82, 2.24) is 0 Å². The molecule has 1 N–H and O–H groups in total. The lowest BCUT2D eigenvalue weighted by Gasteiger charge is -2.09. The van der Waals surface area contributed by atoms with Gasteiger partial charge in [0.2, 0.25) is 0 Å². The second kappa shape index (κ2) is 3.92. The summed E-state index contributed by atoms with van der Waals surface area (Å²) < 4.78 is 6.08. The molecule has 0 unspecified atom stereocenters. The molecule has 0 aliphatic heterocycles. The molecule has 0 spiro atoms. The normalized spacial score (nSPS) is 10.0. The highest BCUT2D eigenvalue weighted by Crippen LogP contribution is 2.30. The topological polar surface area (TPSA) is 29.5 Å². The van der Waals surface area contributed by atoms with Crippen LogP contribution in [0, 0.1) is 6.92 Å². The molecule has 12 heavy (non-hydrogen) atoms. The Bertz CT molecular complexity index is 284. The summed E-state index contributed by atoms with van der Waals surface area (Å²) in [4.78, 5) is 0. The molecule has 1 rings (SSSR count). The number of rotatable bonds is 2. The first-order chi connectivity index (χ1) is 5.70. The summed E-state index contributed by atoms with van der Waals surface area (Å²) >= 11 is 3.36. The lowest BCUT2D eigenvalue weighted by atomic mass is 10.1. The van der Waals surface area contributed by atoms with Gasteiger partial charge in [-0.1, -0.05) is 6.07 Å². The molecule has 0 aliphatic carbocycles. The zero-order valence-electron chi connectivity index (χ0n) is 7.10. The Morgan fingerprint density at radius 3 is 2.67 bits per heavy atom. The molecule has 0 saturated carbocycles. The first-order valence-electron chi connectivity index (χ1n) is 3.63. The van der Waals surface area contributed by atoms with Gasteiger partial charge in [0.1, 0.15) is 5.75 Å². The van der Waals surface area contributed by atoms with Crippen molar-refractivity contribution in [2.75, 3.05) is 7.11 Å². The van der Waals surface area contributed by atoms with Gasteiger partial charge in [0.15, 0.2) is 0 Å². The van der Waals surface area contributed by atoms with E-state index in [1.165, 1.54) is 0 Å². The molecule has 0 aliphatic rings. The van der Waals surface area contributed by atoms with E-state index in [4.69, 9.17) is 9.84 Å². The van der Waals surface area contributed by atoms with Gasteiger partial charge in [0.05, 0.1) is 18.2 Å². The molecule has 1 aromatic carbocycles. The summed E-state index contributed by atoms with van der Waals surface area (Å²) in [7, 11) is 1.62. The summed E-state index contributed by atoms with van der Waals surface area (Å²) in [5, 5.41) is 8.96. The molecule has 0 heterocycles. The minimum Gasteiger partial charge on any atom is -0.495 e. The van der Waals surface area contributed by atoms with Crippen molar-refractivity contribution in [2.24, 2.45) is 0 Å². The molecule has 0 radical (unpaired) electrons. The van der Waals surface area contributed by atoms with Gasteiger partial charge in [0, 0.05) is 0 Å². The number of aliphatic hydroxyl groups excluding tert-OH is 1. The summed E-state index contributed by atoms with van der Waals surface area (Å²) in [5.74, 6) is 0.793. The molecule has 0 aromatic heterocycles. The molecule has 1 aromatic rings. The van der Waals surface area contributed by atoms with Crippen LogP contribution in [0.5, 0.6) is 5.75 Å². The minimum atomic E-state index is 0.0511. The molecule has 0 fully saturated rings. The SMILES string of the molecule is COc1c(Br)ccc(CO)c1C. The van der Waals surface area contributed by atoms with Crippen molar-refractivity contribution in [2.45, 2.75) is 13.5 Å². The monoisotopic (exact) mass is 230 g/mol. The third-order valence-electron chi connectivity index (χ3n) is 1.84. The number of methoxy groups -OCH3 is 1. The lowest BCUT2D eigenvalue weighted by molar-refractivity contribution is 0.280. The van der Waals surface area contributed by atoms with Crippen molar-refractivity contribution in [3.05, 3.63) is 27.7 Å². The molecular formula is C9H11BrO2. The van der Waals surface area contributed by atoms with E-state index < -0.39 is 0 Å². The highest BCUT2D eigenvalue weighted by molar-refractivity contribution is 9.10. The van der Waals surface area contributed by atoms with E-state index in [2.05, 4.69) is 15.9 Å². The number of halogens is 1. The third kappa shape index (κ3) is 1.62. The quantitative estimate of drug-likeness (QED) is 0.845. The van der Waals surface area contributed by atoms with E-state index in [-0.39, 0.29) is 6.61 Å². The first kappa shape index (κ1) is 9.55. The van der Waals surface area contributed by atoms with Gasteiger partial charge >= 0.3 is 0 Å². The van der Waals surface area contributed by atoms with Gasteiger partial charge in [-0.05, 0) is 40.0 Å². The van der Waals surface area contributed by atoms with E-state index in [0.717, 1.165) is 21.3 Å². The Morgan fingerprint density at radius 2 is 2.17 bits per heavy atom. The number of hydrogen-bond acceptors (Lipinski definition) is 2. The van der Waals surface area contributed by atoms with Crippen LogP contribution in [0.2, 0.25) is 0 Å². The van der Waals surface area contributed by atoms with Crippen LogP contribution in [0.1, 0.15) is 11.1 Å². The molecular weight excluding hydrogens is 220 g/mol. The van der Waals surface area contributed by atoms with Crippen molar-refractivity contribution in [3.8, 4) is 5.75 Å². The van der Waals surface area contributed by atoms with Crippen molar-refractivity contribution in [1.29, 1.82) is 0 Å². The Labute approximate surface area is 80.3 Å². The number of aliphatic hydroxyl groups is 1. The van der Waals surface area contributed by atoms with E-state index >= 15 is 0 Å². The van der Waals surface area contributed by atoms with Gasteiger partial charge < -0.3 is 9.84 Å². The van der Waals surface area contributed by atoms with E-state index in [1.807, 2.05) is 19.1 Å². The molecule has 0 amide bonds. The first-order valence-corrected chi connectivity index (χ1v) is 4.42. The average Bonchev–Trinajstić information content (AvgIpc) is 2.06. The predicted molar refractivity (Wildman–Crippen MR) is 51.4 cm³/mol. The Balaban J connectivity index is 3.24. The molecule has 2 nitrogen and oxygen atoms in total. The second-order valence-electron chi connectivity index (χ2n) is 2.52. The minimum absolute atomic E-state index is 0.0511. The Kier molecular flexibility index (Phi) is 3.12. The van der Waals surface area contributed by atoms with Crippen LogP contribution in [0.25, 0.3) is 0 Å². The fraction of sp³-hybridized carbons (Fsp3) is 0.333. The van der Waals surface area contributed by atoms with E-state index in [1.54, 1.807) is 7.11 Å². The van der Waals surface area contributed by atoms with Crippen LogP contribution in [0.3, 0.4) is 0 Å². The molecule has 3 heteroatoms. The number of benzene rings is 1.